The Kier molecular flexibility index (Phi) is 5.16. The molecular weight excluding hydrogens is 364 g/mol. The molecule has 0 aliphatic carbocycles. The number of aliphatic hydroxyl groups is 1. The summed E-state index contributed by atoms with van der Waals surface area (Å²) >= 11 is 0. The third-order valence-electron chi connectivity index (χ3n) is 4.46. The number of aryl methyl sites for hydroxylation is 1. The van der Waals surface area contributed by atoms with Gasteiger partial charge in [0.05, 0.1) is 17.7 Å². The van der Waals surface area contributed by atoms with E-state index < -0.39 is 0 Å². The van der Waals surface area contributed by atoms with Crippen LogP contribution in [0.1, 0.15) is 23.1 Å². The number of tetrazole rings is 1. The van der Waals surface area contributed by atoms with E-state index in [0.717, 1.165) is 28.7 Å². The summed E-state index contributed by atoms with van der Waals surface area (Å²) in [6, 6.07) is 15.8. The lowest BCUT2D eigenvalue weighted by Crippen LogP contribution is -2.17. The molecule has 2 aromatic carbocycles. The quantitative estimate of drug-likeness (QED) is 0.602. The molecule has 0 bridgehead atoms. The summed E-state index contributed by atoms with van der Waals surface area (Å²) in [4.78, 5) is 4.18. The summed E-state index contributed by atoms with van der Waals surface area (Å²) in [5.41, 5.74) is 5.00. The van der Waals surface area contributed by atoms with Crippen LogP contribution in [0.3, 0.4) is 0 Å². The van der Waals surface area contributed by atoms with Crippen molar-refractivity contribution in [2.24, 2.45) is 4.99 Å². The van der Waals surface area contributed by atoms with E-state index in [-0.39, 0.29) is 5.76 Å². The summed E-state index contributed by atoms with van der Waals surface area (Å²) in [6.07, 6.45) is 2.96. The molecule has 2 heterocycles. The van der Waals surface area contributed by atoms with Crippen LogP contribution in [0.15, 0.2) is 77.3 Å². The molecule has 3 aromatic rings. The van der Waals surface area contributed by atoms with E-state index in [0.29, 0.717) is 23.6 Å². The zero-order chi connectivity index (χ0) is 20.1. The van der Waals surface area contributed by atoms with Gasteiger partial charge in [-0.3, -0.25) is 0 Å². The first kappa shape index (κ1) is 18.2. The second kappa shape index (κ2) is 8.23. The highest BCUT2D eigenvalue weighted by Gasteiger charge is 2.11. The maximum atomic E-state index is 9.98. The Morgan fingerprint density at radius 3 is 2.28 bits per heavy atom. The van der Waals surface area contributed by atoms with Crippen LogP contribution in [0.5, 0.6) is 0 Å². The minimum absolute atomic E-state index is 0.125. The third kappa shape index (κ3) is 4.39. The van der Waals surface area contributed by atoms with Gasteiger partial charge >= 0.3 is 0 Å². The summed E-state index contributed by atoms with van der Waals surface area (Å²) in [6.45, 7) is 3.74. The molecule has 1 aliphatic rings. The molecule has 7 nitrogen and oxygen atoms in total. The fourth-order valence-electron chi connectivity index (χ4n) is 2.82. The Hall–Kier alpha value is -4.18. The molecule has 0 fully saturated rings. The number of aromatic nitrogens is 4. The van der Waals surface area contributed by atoms with E-state index in [2.05, 4.69) is 49.4 Å². The fourth-order valence-corrected chi connectivity index (χ4v) is 2.82. The maximum Gasteiger partial charge on any atom is 0.204 e. The number of aromatic amines is 1. The maximum absolute atomic E-state index is 9.98. The Morgan fingerprint density at radius 1 is 0.931 bits per heavy atom. The van der Waals surface area contributed by atoms with Gasteiger partial charge in [-0.15, -0.1) is 10.2 Å². The van der Waals surface area contributed by atoms with Crippen LogP contribution in [-0.2, 0) is 6.42 Å². The van der Waals surface area contributed by atoms with Gasteiger partial charge in [-0.2, -0.15) is 5.21 Å². The third-order valence-corrected chi connectivity index (χ3v) is 4.46. The molecule has 4 rings (SSSR count). The van der Waals surface area contributed by atoms with Crippen LogP contribution in [0, 0.1) is 11.8 Å². The van der Waals surface area contributed by atoms with E-state index >= 15 is 0 Å². The van der Waals surface area contributed by atoms with Gasteiger partial charge in [0.2, 0.25) is 5.82 Å². The second-order valence-corrected chi connectivity index (χ2v) is 6.44. The van der Waals surface area contributed by atoms with E-state index in [1.807, 2.05) is 48.5 Å². The average molecular weight is 382 g/mol. The zero-order valence-corrected chi connectivity index (χ0v) is 15.6. The van der Waals surface area contributed by atoms with Crippen LogP contribution in [0.4, 0.5) is 0 Å². The summed E-state index contributed by atoms with van der Waals surface area (Å²) in [5.74, 6) is 7.01. The largest absolute Gasteiger partial charge is 0.504 e. The van der Waals surface area contributed by atoms with Crippen LogP contribution < -0.4 is 5.32 Å². The molecule has 0 saturated heterocycles. The highest BCUT2D eigenvalue weighted by Crippen LogP contribution is 2.19. The predicted octanol–water partition coefficient (Wildman–Crippen LogP) is 3.11. The van der Waals surface area contributed by atoms with Crippen LogP contribution in [0.2, 0.25) is 0 Å². The number of benzene rings is 2. The number of allylic oxidation sites excluding steroid dienone is 1. The van der Waals surface area contributed by atoms with Gasteiger partial charge < -0.3 is 10.4 Å². The van der Waals surface area contributed by atoms with Crippen LogP contribution in [-0.4, -0.2) is 32.1 Å². The van der Waals surface area contributed by atoms with Crippen molar-refractivity contribution in [1.29, 1.82) is 0 Å². The number of hydrogen-bond acceptors (Lipinski definition) is 6. The lowest BCUT2D eigenvalue weighted by molar-refractivity contribution is 0.406. The van der Waals surface area contributed by atoms with E-state index in [1.54, 1.807) is 6.34 Å². The second-order valence-electron chi connectivity index (χ2n) is 6.44. The first-order valence-electron chi connectivity index (χ1n) is 9.04. The highest BCUT2D eigenvalue weighted by molar-refractivity contribution is 5.63. The van der Waals surface area contributed by atoms with Crippen molar-refractivity contribution in [3.05, 3.63) is 89.0 Å². The molecule has 3 N–H and O–H groups in total. The topological polar surface area (TPSA) is 99.1 Å². The number of rotatable bonds is 4. The number of nitrogens with zero attached hydrogens (tertiary/aromatic N) is 4. The van der Waals surface area contributed by atoms with Crippen molar-refractivity contribution in [2.75, 3.05) is 0 Å². The van der Waals surface area contributed by atoms with Gasteiger partial charge in [-0.05, 0) is 60.0 Å². The van der Waals surface area contributed by atoms with E-state index in [9.17, 15) is 5.11 Å². The van der Waals surface area contributed by atoms with Gasteiger partial charge in [-0.25, -0.2) is 4.99 Å². The smallest absolute Gasteiger partial charge is 0.204 e. The fraction of sp³-hybridized carbons (Fsp3) is 0.0909. The van der Waals surface area contributed by atoms with Crippen molar-refractivity contribution >= 4 is 6.34 Å². The molecule has 29 heavy (non-hydrogen) atoms. The number of aliphatic imine (C=N–C) groups is 1. The van der Waals surface area contributed by atoms with Gasteiger partial charge in [-0.1, -0.05) is 30.6 Å². The highest BCUT2D eigenvalue weighted by atomic mass is 16.3. The summed E-state index contributed by atoms with van der Waals surface area (Å²) in [5, 5.41) is 26.7. The molecule has 0 unspecified atom stereocenters. The molecule has 0 radical (unpaired) electrons. The normalized spacial score (nSPS) is 13.0. The molecule has 0 atom stereocenters. The van der Waals surface area contributed by atoms with Gasteiger partial charge in [0.15, 0.2) is 5.76 Å². The average Bonchev–Trinajstić information content (AvgIpc) is 3.29. The Labute approximate surface area is 167 Å². The minimum Gasteiger partial charge on any atom is -0.504 e. The Balaban J connectivity index is 1.38. The van der Waals surface area contributed by atoms with E-state index in [1.165, 1.54) is 0 Å². The molecule has 0 saturated carbocycles. The molecular formula is C22H18N6O. The Bertz CT molecular complexity index is 1130. The molecule has 1 aromatic heterocycles. The summed E-state index contributed by atoms with van der Waals surface area (Å²) < 4.78 is 0. The molecule has 0 amide bonds. The van der Waals surface area contributed by atoms with Crippen molar-refractivity contribution in [3.8, 4) is 23.2 Å². The first-order chi connectivity index (χ1) is 14.2. The first-order valence-corrected chi connectivity index (χ1v) is 9.04. The van der Waals surface area contributed by atoms with Crippen molar-refractivity contribution in [2.45, 2.75) is 12.8 Å². The van der Waals surface area contributed by atoms with Crippen LogP contribution >= 0.6 is 0 Å². The molecule has 7 heteroatoms. The summed E-state index contributed by atoms with van der Waals surface area (Å²) in [7, 11) is 0. The van der Waals surface area contributed by atoms with E-state index in [4.69, 9.17) is 0 Å². The van der Waals surface area contributed by atoms with Crippen LogP contribution in [0.25, 0.3) is 11.4 Å². The number of nitrogens with one attached hydrogen (secondary N) is 2. The standard InChI is InChI=1S/C22H18N6O/c1-15-21(29)20(24-14-23-15)13-10-17-5-2-16(3-6-17)4-7-18-8-11-19(12-9-18)22-25-27-28-26-22/h2-3,5-6,8-9,11-12,14,29H,1,10,13H2,(H,23,24)(H,25,26,27,28). The minimum atomic E-state index is 0.125. The van der Waals surface area contributed by atoms with Crippen molar-refractivity contribution in [3.63, 3.8) is 0 Å². The van der Waals surface area contributed by atoms with Crippen molar-refractivity contribution < 1.29 is 5.11 Å². The number of H-pyrrole nitrogens is 1. The van der Waals surface area contributed by atoms with Gasteiger partial charge in [0.25, 0.3) is 0 Å². The number of aliphatic hydroxyl groups excluding tert-OH is 1. The lowest BCUT2D eigenvalue weighted by Gasteiger charge is -2.13. The Morgan fingerprint density at radius 2 is 1.62 bits per heavy atom. The van der Waals surface area contributed by atoms with Gasteiger partial charge in [0.1, 0.15) is 0 Å². The zero-order valence-electron chi connectivity index (χ0n) is 15.6. The predicted molar refractivity (Wildman–Crippen MR) is 111 cm³/mol. The SMILES string of the molecule is C=C1NC=NC(CCc2ccc(C#Cc3ccc(-c4nn[nH]n4)cc3)cc2)=C1O. The molecule has 1 aliphatic heterocycles. The number of hydrogen-bond donors (Lipinski definition) is 3. The molecule has 142 valence electrons. The monoisotopic (exact) mass is 382 g/mol. The lowest BCUT2D eigenvalue weighted by atomic mass is 10.0. The molecule has 0 spiro atoms. The van der Waals surface area contributed by atoms with Gasteiger partial charge in [0, 0.05) is 16.7 Å². The van der Waals surface area contributed by atoms with Crippen molar-refractivity contribution in [1.82, 2.24) is 25.9 Å².